The number of carbonyl (C=O) groups is 1. The number of nitrogens with zero attached hydrogens (tertiary/aromatic N) is 3. The van der Waals surface area contributed by atoms with Gasteiger partial charge in [-0.25, -0.2) is 0 Å². The van der Waals surface area contributed by atoms with Crippen LogP contribution in [0, 0.1) is 17.5 Å². The van der Waals surface area contributed by atoms with E-state index in [-0.39, 0.29) is 10.9 Å². The zero-order valence-electron chi connectivity index (χ0n) is 17.5. The first-order valence-corrected chi connectivity index (χ1v) is 12.4. The number of aliphatic hydroxyl groups is 3. The molecule has 3 N–H and O–H groups in total. The number of halogens is 3. The zero-order chi connectivity index (χ0) is 24.4. The van der Waals surface area contributed by atoms with Crippen molar-refractivity contribution in [1.29, 1.82) is 0 Å². The fourth-order valence-corrected chi connectivity index (χ4v) is 5.86. The molecule has 0 aliphatic carbocycles. The summed E-state index contributed by atoms with van der Waals surface area (Å²) in [4.78, 5) is 12.4. The quantitative estimate of drug-likeness (QED) is 0.305. The van der Waals surface area contributed by atoms with Crippen molar-refractivity contribution in [1.82, 2.24) is 15.0 Å². The second-order valence-electron chi connectivity index (χ2n) is 7.65. The Morgan fingerprint density at radius 2 is 1.88 bits per heavy atom. The average molecular weight is 542 g/mol. The molecule has 5 atom stereocenters. The second-order valence-corrected chi connectivity index (χ2v) is 9.93. The Kier molecular flexibility index (Phi) is 7.46. The third-order valence-electron chi connectivity index (χ3n) is 5.40. The fraction of sp³-hybridized carbons (Fsp3) is 0.318. The molecule has 0 saturated carbocycles. The third-order valence-corrected chi connectivity index (χ3v) is 7.81. The molecular weight excluding hydrogens is 522 g/mol. The summed E-state index contributed by atoms with van der Waals surface area (Å²) in [6.45, 7) is -0.556. The van der Waals surface area contributed by atoms with Gasteiger partial charge in [0, 0.05) is 0 Å². The molecule has 8 nitrogen and oxygen atoms in total. The molecule has 0 bridgehead atoms. The van der Waals surface area contributed by atoms with E-state index in [4.69, 9.17) is 4.74 Å². The molecule has 0 amide bonds. The van der Waals surface area contributed by atoms with Crippen LogP contribution in [0.4, 0.5) is 13.2 Å². The zero-order valence-corrected chi connectivity index (χ0v) is 19.2. The summed E-state index contributed by atoms with van der Waals surface area (Å²) in [5.74, 6) is -3.14. The summed E-state index contributed by atoms with van der Waals surface area (Å²) in [7, 11) is 0. The van der Waals surface area contributed by atoms with Gasteiger partial charge in [-0.15, -0.1) is 0 Å². The maximum atomic E-state index is 13.6. The molecule has 34 heavy (non-hydrogen) atoms. The van der Waals surface area contributed by atoms with Crippen molar-refractivity contribution in [3.05, 3.63) is 71.7 Å². The molecule has 1 aromatic heterocycles. The van der Waals surface area contributed by atoms with E-state index in [2.05, 4.69) is 10.3 Å². The molecule has 1 saturated heterocycles. The first-order chi connectivity index (χ1) is 16.3. The van der Waals surface area contributed by atoms with Crippen molar-refractivity contribution in [2.45, 2.75) is 34.7 Å². The van der Waals surface area contributed by atoms with Crippen LogP contribution < -0.4 is 0 Å². The number of benzene rings is 2. The first-order valence-electron chi connectivity index (χ1n) is 10.2. The number of hydrogen-bond donors (Lipinski definition) is 3. The van der Waals surface area contributed by atoms with E-state index in [1.54, 1.807) is 6.07 Å². The molecule has 2 heterocycles. The maximum absolute atomic E-state index is 13.6. The van der Waals surface area contributed by atoms with E-state index in [0.29, 0.717) is 11.3 Å². The van der Waals surface area contributed by atoms with Crippen LogP contribution in [0.3, 0.4) is 0 Å². The Hall–Kier alpha value is -2.60. The molecule has 12 heteroatoms. The standard InChI is InChI=1S/C22H20F3N3O5Se/c23-13-3-1-2-11(6-13)16-8-28(27-26-16)19-20(31)18(9-29)33-22(21(19)32)34-10-17(30)12-4-5-14(24)15(25)7-12/h1-8,18-22,29,31-32H,9-10H2/t18-,19+,20+,21-,22+/m1/s1. The molecule has 1 fully saturated rings. The number of rotatable bonds is 7. The van der Waals surface area contributed by atoms with Crippen molar-refractivity contribution in [2.75, 3.05) is 6.61 Å². The van der Waals surface area contributed by atoms with Crippen molar-refractivity contribution < 1.29 is 38.0 Å². The second kappa shape index (κ2) is 10.3. The molecule has 1 aliphatic rings. The number of aliphatic hydroxyl groups excluding tert-OH is 3. The van der Waals surface area contributed by atoms with Gasteiger partial charge in [-0.3, -0.25) is 0 Å². The van der Waals surface area contributed by atoms with Crippen molar-refractivity contribution >= 4 is 20.7 Å². The van der Waals surface area contributed by atoms with Crippen LogP contribution in [0.25, 0.3) is 11.3 Å². The van der Waals surface area contributed by atoms with E-state index < -0.39 is 74.2 Å². The van der Waals surface area contributed by atoms with E-state index in [1.807, 2.05) is 0 Å². The summed E-state index contributed by atoms with van der Waals surface area (Å²) in [5, 5.41) is 38.2. The van der Waals surface area contributed by atoms with Gasteiger partial charge >= 0.3 is 198 Å². The van der Waals surface area contributed by atoms with E-state index in [1.165, 1.54) is 35.1 Å². The molecule has 2 aromatic carbocycles. The van der Waals surface area contributed by atoms with Gasteiger partial charge in [0.25, 0.3) is 0 Å². The van der Waals surface area contributed by atoms with Gasteiger partial charge in [0.2, 0.25) is 0 Å². The van der Waals surface area contributed by atoms with Crippen molar-refractivity contribution in [2.24, 2.45) is 0 Å². The monoisotopic (exact) mass is 543 g/mol. The Morgan fingerprint density at radius 3 is 2.59 bits per heavy atom. The number of hydrogen-bond acceptors (Lipinski definition) is 7. The predicted octanol–water partition coefficient (Wildman–Crippen LogP) is 1.35. The SMILES string of the molecule is O=C(C[Se][C@@H]1O[C@H](CO)[C@H](O)[C@H](n2cc(-c3cccc(F)c3)nn2)[C@H]1O)c1ccc(F)c(F)c1. The molecule has 4 rings (SSSR count). The van der Waals surface area contributed by atoms with Crippen LogP contribution in [0.2, 0.25) is 5.32 Å². The Balaban J connectivity index is 1.52. The molecule has 0 radical (unpaired) electrons. The number of aromatic nitrogens is 3. The molecule has 0 unspecified atom stereocenters. The number of ketones is 1. The molecule has 3 aromatic rings. The molecule has 0 spiro atoms. The summed E-state index contributed by atoms with van der Waals surface area (Å²) in [6.07, 6.45) is -2.31. The minimum atomic E-state index is -1.35. The average Bonchev–Trinajstić information content (AvgIpc) is 3.30. The van der Waals surface area contributed by atoms with Crippen molar-refractivity contribution in [3.63, 3.8) is 0 Å². The van der Waals surface area contributed by atoms with Gasteiger partial charge < -0.3 is 0 Å². The summed E-state index contributed by atoms with van der Waals surface area (Å²) in [6, 6.07) is 7.44. The fourth-order valence-electron chi connectivity index (χ4n) is 3.63. The van der Waals surface area contributed by atoms with E-state index >= 15 is 0 Å². The van der Waals surface area contributed by atoms with Crippen LogP contribution in [-0.4, -0.2) is 81.0 Å². The van der Waals surface area contributed by atoms with Crippen LogP contribution in [0.15, 0.2) is 48.7 Å². The summed E-state index contributed by atoms with van der Waals surface area (Å²) in [5.41, 5.74) is 0.734. The Labute approximate surface area is 198 Å². The van der Waals surface area contributed by atoms with E-state index in [9.17, 15) is 33.3 Å². The molecule has 180 valence electrons. The Bertz CT molecular complexity index is 1180. The van der Waals surface area contributed by atoms with Gasteiger partial charge in [-0.2, -0.15) is 0 Å². The van der Waals surface area contributed by atoms with Gasteiger partial charge in [-0.05, 0) is 0 Å². The van der Waals surface area contributed by atoms with Crippen molar-refractivity contribution in [3.8, 4) is 11.3 Å². The van der Waals surface area contributed by atoms with Gasteiger partial charge in [0.15, 0.2) is 0 Å². The minimum absolute atomic E-state index is 0.0163. The van der Waals surface area contributed by atoms with Crippen LogP contribution >= 0.6 is 0 Å². The number of Topliss-reactive ketones (excluding diaryl/α,β-unsaturated/α-hetero) is 1. The third kappa shape index (κ3) is 5.07. The number of carbonyl (C=O) groups excluding carboxylic acids is 1. The summed E-state index contributed by atoms with van der Waals surface area (Å²) < 4.78 is 47.0. The summed E-state index contributed by atoms with van der Waals surface area (Å²) >= 11 is -0.695. The van der Waals surface area contributed by atoms with Gasteiger partial charge in [0.1, 0.15) is 0 Å². The normalized spacial score (nSPS) is 24.8. The topological polar surface area (TPSA) is 118 Å². The first kappa shape index (κ1) is 24.5. The molecule has 1 aliphatic heterocycles. The Morgan fingerprint density at radius 1 is 1.09 bits per heavy atom. The van der Waals surface area contributed by atoms with Crippen LogP contribution in [-0.2, 0) is 4.74 Å². The van der Waals surface area contributed by atoms with Crippen LogP contribution in [0.1, 0.15) is 16.4 Å². The number of ether oxygens (including phenoxy) is 1. The van der Waals surface area contributed by atoms with Crippen LogP contribution in [0.5, 0.6) is 0 Å². The van der Waals surface area contributed by atoms with E-state index in [0.717, 1.165) is 12.1 Å². The predicted molar refractivity (Wildman–Crippen MR) is 113 cm³/mol. The van der Waals surface area contributed by atoms with Gasteiger partial charge in [-0.1, -0.05) is 0 Å². The van der Waals surface area contributed by atoms with Gasteiger partial charge in [0.05, 0.1) is 0 Å². The molecular formula is C22H20F3N3O5Se.